The van der Waals surface area contributed by atoms with Crippen LogP contribution in [-0.4, -0.2) is 72.2 Å². The van der Waals surface area contributed by atoms with Crippen LogP contribution < -0.4 is 4.72 Å². The molecule has 2 aliphatic carbocycles. The number of rotatable bonds is 5. The van der Waals surface area contributed by atoms with Gasteiger partial charge in [0.25, 0.3) is 0 Å². The Morgan fingerprint density at radius 2 is 1.65 bits per heavy atom. The van der Waals surface area contributed by atoms with Gasteiger partial charge in [0.05, 0.1) is 5.69 Å². The highest BCUT2D eigenvalue weighted by molar-refractivity contribution is 7.89. The molecule has 10 heteroatoms. The summed E-state index contributed by atoms with van der Waals surface area (Å²) in [5.41, 5.74) is 0.389. The summed E-state index contributed by atoms with van der Waals surface area (Å²) >= 11 is 6.15. The van der Waals surface area contributed by atoms with Crippen LogP contribution in [0.25, 0.3) is 0 Å². The number of aromatic nitrogens is 2. The fraction of sp³-hybridized carbons (Fsp3) is 0.810. The fourth-order valence-electron chi connectivity index (χ4n) is 5.49. The molecule has 1 aromatic heterocycles. The van der Waals surface area contributed by atoms with Crippen molar-refractivity contribution in [1.82, 2.24) is 24.3 Å². The molecule has 0 unspecified atom stereocenters. The predicted octanol–water partition coefficient (Wildman–Crippen LogP) is 2.31. The highest BCUT2D eigenvalue weighted by Crippen LogP contribution is 2.30. The molecule has 0 spiro atoms. The van der Waals surface area contributed by atoms with Gasteiger partial charge in [-0.25, -0.2) is 13.1 Å². The van der Waals surface area contributed by atoms with Crippen molar-refractivity contribution >= 4 is 27.5 Å². The minimum absolute atomic E-state index is 0.00232. The molecular weight excluding hydrogens is 438 g/mol. The van der Waals surface area contributed by atoms with Gasteiger partial charge in [0.2, 0.25) is 15.9 Å². The average molecular weight is 472 g/mol. The van der Waals surface area contributed by atoms with Gasteiger partial charge in [0.1, 0.15) is 10.0 Å². The van der Waals surface area contributed by atoms with Crippen molar-refractivity contribution in [3.8, 4) is 0 Å². The first kappa shape index (κ1) is 23.0. The number of halogens is 1. The molecule has 1 saturated heterocycles. The number of nitrogens with zero attached hydrogens (tertiary/aromatic N) is 4. The molecule has 4 rings (SSSR count). The quantitative estimate of drug-likeness (QED) is 0.712. The first-order valence-electron chi connectivity index (χ1n) is 11.5. The molecule has 1 amide bonds. The zero-order valence-corrected chi connectivity index (χ0v) is 20.1. The Kier molecular flexibility index (Phi) is 6.96. The lowest BCUT2D eigenvalue weighted by Crippen LogP contribution is -2.53. The maximum absolute atomic E-state index is 13.0. The van der Waals surface area contributed by atoms with Gasteiger partial charge in [-0.05, 0) is 45.4 Å². The largest absolute Gasteiger partial charge is 0.340 e. The van der Waals surface area contributed by atoms with Crippen LogP contribution in [0.2, 0.25) is 5.15 Å². The SMILES string of the molecule is Cc1nn(C)c(Cl)c1S(=O)(=O)N[C@H]1CC[C@H](C(=O)N2CCN(C3CCCC3)CC2)CC1. The van der Waals surface area contributed by atoms with E-state index in [9.17, 15) is 13.2 Å². The number of sulfonamides is 1. The molecule has 0 radical (unpaired) electrons. The van der Waals surface area contributed by atoms with E-state index in [0.717, 1.165) is 32.2 Å². The molecule has 3 aliphatic rings. The third-order valence-corrected chi connectivity index (χ3v) is 9.45. The average Bonchev–Trinajstić information content (AvgIpc) is 3.36. The molecule has 1 aliphatic heterocycles. The summed E-state index contributed by atoms with van der Waals surface area (Å²) in [6.07, 6.45) is 8.04. The molecule has 1 N–H and O–H groups in total. The Hall–Kier alpha value is -1.16. The molecular formula is C21H34ClN5O3S. The Labute approximate surface area is 190 Å². The van der Waals surface area contributed by atoms with Crippen LogP contribution in [0, 0.1) is 12.8 Å². The highest BCUT2D eigenvalue weighted by atomic mass is 35.5. The van der Waals surface area contributed by atoms with Crippen molar-refractivity contribution in [3.05, 3.63) is 10.8 Å². The van der Waals surface area contributed by atoms with Crippen molar-refractivity contribution in [2.75, 3.05) is 26.2 Å². The lowest BCUT2D eigenvalue weighted by atomic mass is 9.85. The lowest BCUT2D eigenvalue weighted by molar-refractivity contribution is -0.138. The molecule has 3 fully saturated rings. The van der Waals surface area contributed by atoms with Crippen LogP contribution in [0.3, 0.4) is 0 Å². The zero-order chi connectivity index (χ0) is 22.2. The van der Waals surface area contributed by atoms with Crippen LogP contribution >= 0.6 is 11.6 Å². The Bertz CT molecular complexity index is 896. The summed E-state index contributed by atoms with van der Waals surface area (Å²) in [5, 5.41) is 4.22. The number of hydrogen-bond donors (Lipinski definition) is 1. The van der Waals surface area contributed by atoms with Gasteiger partial charge in [0, 0.05) is 51.2 Å². The van der Waals surface area contributed by atoms with E-state index in [2.05, 4.69) is 14.7 Å². The van der Waals surface area contributed by atoms with Gasteiger partial charge in [-0.15, -0.1) is 0 Å². The third kappa shape index (κ3) is 4.94. The molecule has 174 valence electrons. The van der Waals surface area contributed by atoms with E-state index < -0.39 is 10.0 Å². The maximum atomic E-state index is 13.0. The van der Waals surface area contributed by atoms with Gasteiger partial charge in [-0.1, -0.05) is 24.4 Å². The number of amides is 1. The summed E-state index contributed by atoms with van der Waals surface area (Å²) in [6, 6.07) is 0.543. The van der Waals surface area contributed by atoms with Crippen molar-refractivity contribution < 1.29 is 13.2 Å². The lowest BCUT2D eigenvalue weighted by Gasteiger charge is -2.40. The highest BCUT2D eigenvalue weighted by Gasteiger charge is 2.35. The first-order chi connectivity index (χ1) is 14.8. The molecule has 31 heavy (non-hydrogen) atoms. The number of carbonyl (C=O) groups excluding carboxylic acids is 1. The van der Waals surface area contributed by atoms with E-state index in [1.807, 2.05) is 4.90 Å². The van der Waals surface area contributed by atoms with Crippen molar-refractivity contribution in [2.24, 2.45) is 13.0 Å². The molecule has 0 bridgehead atoms. The zero-order valence-electron chi connectivity index (χ0n) is 18.5. The molecule has 2 heterocycles. The smallest absolute Gasteiger partial charge is 0.245 e. The standard InChI is InChI=1S/C21H34ClN5O3S/c1-15-19(20(22)25(2)23-15)31(29,30)24-17-9-7-16(8-10-17)21(28)27-13-11-26(12-14-27)18-5-3-4-6-18/h16-18,24H,3-14H2,1-2H3/t16-,17-. The fourth-order valence-corrected chi connectivity index (χ4v) is 7.54. The van der Waals surface area contributed by atoms with E-state index >= 15 is 0 Å². The number of aryl methyl sites for hydroxylation is 2. The van der Waals surface area contributed by atoms with Crippen molar-refractivity contribution in [2.45, 2.75) is 75.3 Å². The summed E-state index contributed by atoms with van der Waals surface area (Å²) in [4.78, 5) is 17.7. The topological polar surface area (TPSA) is 87.5 Å². The summed E-state index contributed by atoms with van der Waals surface area (Å²) < 4.78 is 29.8. The minimum Gasteiger partial charge on any atom is -0.340 e. The molecule has 0 aromatic carbocycles. The third-order valence-electron chi connectivity index (χ3n) is 7.23. The maximum Gasteiger partial charge on any atom is 0.245 e. The normalized spacial score (nSPS) is 26.5. The van der Waals surface area contributed by atoms with Gasteiger partial charge in [-0.2, -0.15) is 5.10 Å². The Morgan fingerprint density at radius 3 is 2.19 bits per heavy atom. The Balaban J connectivity index is 1.27. The second-order valence-corrected chi connectivity index (χ2v) is 11.3. The predicted molar refractivity (Wildman–Crippen MR) is 119 cm³/mol. The minimum atomic E-state index is -3.74. The summed E-state index contributed by atoms with van der Waals surface area (Å²) in [5.74, 6) is 0.251. The van der Waals surface area contributed by atoms with E-state index in [1.165, 1.54) is 30.4 Å². The number of carbonyl (C=O) groups is 1. The first-order valence-corrected chi connectivity index (χ1v) is 13.4. The molecule has 0 atom stereocenters. The van der Waals surface area contributed by atoms with Gasteiger partial charge in [0.15, 0.2) is 0 Å². The van der Waals surface area contributed by atoms with Crippen molar-refractivity contribution in [3.63, 3.8) is 0 Å². The number of nitrogens with one attached hydrogen (secondary N) is 1. The monoisotopic (exact) mass is 471 g/mol. The Morgan fingerprint density at radius 1 is 1.03 bits per heavy atom. The van der Waals surface area contributed by atoms with Crippen LogP contribution in [0.4, 0.5) is 0 Å². The van der Waals surface area contributed by atoms with E-state index in [0.29, 0.717) is 31.4 Å². The van der Waals surface area contributed by atoms with Crippen LogP contribution in [-0.2, 0) is 21.9 Å². The second kappa shape index (κ2) is 9.37. The number of hydrogen-bond acceptors (Lipinski definition) is 5. The van der Waals surface area contributed by atoms with E-state index in [4.69, 9.17) is 11.6 Å². The molecule has 8 nitrogen and oxygen atoms in total. The van der Waals surface area contributed by atoms with E-state index in [-0.39, 0.29) is 27.9 Å². The van der Waals surface area contributed by atoms with Crippen LogP contribution in [0.5, 0.6) is 0 Å². The van der Waals surface area contributed by atoms with Gasteiger partial charge < -0.3 is 4.90 Å². The van der Waals surface area contributed by atoms with E-state index in [1.54, 1.807) is 14.0 Å². The van der Waals surface area contributed by atoms with Gasteiger partial charge in [-0.3, -0.25) is 14.4 Å². The van der Waals surface area contributed by atoms with Crippen LogP contribution in [0.15, 0.2) is 4.90 Å². The molecule has 1 aromatic rings. The summed E-state index contributed by atoms with van der Waals surface area (Å²) in [6.45, 7) is 5.25. The number of piperazine rings is 1. The van der Waals surface area contributed by atoms with Gasteiger partial charge >= 0.3 is 0 Å². The van der Waals surface area contributed by atoms with Crippen LogP contribution in [0.1, 0.15) is 57.1 Å². The summed E-state index contributed by atoms with van der Waals surface area (Å²) in [7, 11) is -2.12. The molecule has 2 saturated carbocycles. The second-order valence-electron chi connectivity index (χ2n) is 9.30. The van der Waals surface area contributed by atoms with Crippen molar-refractivity contribution in [1.29, 1.82) is 0 Å².